The first-order valence-electron chi connectivity index (χ1n) is 7.37. The van der Waals surface area contributed by atoms with Crippen LogP contribution in [0.5, 0.6) is 5.95 Å². The van der Waals surface area contributed by atoms with E-state index < -0.39 is 0 Å². The van der Waals surface area contributed by atoms with Crippen LogP contribution in [0.4, 0.5) is 0 Å². The van der Waals surface area contributed by atoms with E-state index in [1.165, 1.54) is 7.11 Å². The average Bonchev–Trinajstić information content (AvgIpc) is 2.61. The lowest BCUT2D eigenvalue weighted by Gasteiger charge is -2.10. The summed E-state index contributed by atoms with van der Waals surface area (Å²) in [6, 6.07) is 21.0. The molecule has 4 aromatic rings. The summed E-state index contributed by atoms with van der Waals surface area (Å²) in [5.41, 5.74) is 1.70. The van der Waals surface area contributed by atoms with Gasteiger partial charge in [-0.15, -0.1) is 0 Å². The van der Waals surface area contributed by atoms with E-state index in [0.717, 1.165) is 16.3 Å². The maximum atomic E-state index is 13.2. The summed E-state index contributed by atoms with van der Waals surface area (Å²) in [5.74, 6) is 0.240. The molecule has 0 N–H and O–H groups in total. The van der Waals surface area contributed by atoms with Crippen molar-refractivity contribution in [3.8, 4) is 17.1 Å². The van der Waals surface area contributed by atoms with Gasteiger partial charge in [-0.05, 0) is 22.4 Å². The molecular formula is C20H14O3. The zero-order valence-corrected chi connectivity index (χ0v) is 12.6. The molecule has 1 heterocycles. The van der Waals surface area contributed by atoms with Gasteiger partial charge in [0.2, 0.25) is 5.43 Å². The van der Waals surface area contributed by atoms with Crippen molar-refractivity contribution in [1.82, 2.24) is 0 Å². The van der Waals surface area contributed by atoms with Crippen molar-refractivity contribution < 1.29 is 9.15 Å². The second-order valence-corrected chi connectivity index (χ2v) is 5.32. The predicted molar refractivity (Wildman–Crippen MR) is 92.0 cm³/mol. The highest BCUT2D eigenvalue weighted by molar-refractivity contribution is 6.06. The molecule has 0 amide bonds. The number of benzene rings is 3. The maximum absolute atomic E-state index is 13.2. The average molecular weight is 302 g/mol. The Morgan fingerprint density at radius 1 is 0.870 bits per heavy atom. The Kier molecular flexibility index (Phi) is 3.12. The molecule has 0 saturated carbocycles. The van der Waals surface area contributed by atoms with E-state index in [-0.39, 0.29) is 11.4 Å². The molecule has 0 saturated heterocycles. The molecule has 0 aliphatic carbocycles. The fourth-order valence-electron chi connectivity index (χ4n) is 2.94. The Morgan fingerprint density at radius 3 is 2.39 bits per heavy atom. The van der Waals surface area contributed by atoms with Gasteiger partial charge in [-0.3, -0.25) is 4.79 Å². The third-order valence-electron chi connectivity index (χ3n) is 4.00. The zero-order valence-electron chi connectivity index (χ0n) is 12.6. The van der Waals surface area contributed by atoms with Crippen LogP contribution in [-0.2, 0) is 0 Å². The lowest BCUT2D eigenvalue weighted by molar-refractivity contribution is 0.312. The molecule has 23 heavy (non-hydrogen) atoms. The molecule has 0 aliphatic heterocycles. The molecule has 3 aromatic carbocycles. The number of fused-ring (bicyclic) bond motifs is 3. The first kappa shape index (κ1) is 13.6. The van der Waals surface area contributed by atoms with Crippen molar-refractivity contribution in [2.45, 2.75) is 0 Å². The first-order chi connectivity index (χ1) is 11.3. The van der Waals surface area contributed by atoms with Crippen LogP contribution in [-0.4, -0.2) is 7.11 Å². The van der Waals surface area contributed by atoms with E-state index in [1.54, 1.807) is 0 Å². The maximum Gasteiger partial charge on any atom is 0.296 e. The van der Waals surface area contributed by atoms with Crippen molar-refractivity contribution in [1.29, 1.82) is 0 Å². The molecule has 3 heteroatoms. The minimum Gasteiger partial charge on any atom is -0.468 e. The highest BCUT2D eigenvalue weighted by Gasteiger charge is 2.18. The molecular weight excluding hydrogens is 288 g/mol. The van der Waals surface area contributed by atoms with Gasteiger partial charge in [0.25, 0.3) is 5.95 Å². The zero-order chi connectivity index (χ0) is 15.8. The van der Waals surface area contributed by atoms with Gasteiger partial charge in [-0.25, -0.2) is 0 Å². The number of methoxy groups -OCH3 is 1. The van der Waals surface area contributed by atoms with E-state index in [9.17, 15) is 4.79 Å². The van der Waals surface area contributed by atoms with E-state index in [4.69, 9.17) is 9.15 Å². The van der Waals surface area contributed by atoms with Gasteiger partial charge in [0.05, 0.1) is 12.5 Å². The van der Waals surface area contributed by atoms with E-state index in [1.807, 2.05) is 66.7 Å². The second kappa shape index (κ2) is 5.29. The fourth-order valence-corrected chi connectivity index (χ4v) is 2.94. The van der Waals surface area contributed by atoms with Gasteiger partial charge in [0.15, 0.2) is 0 Å². The molecule has 1 aromatic heterocycles. The molecule has 0 atom stereocenters. The summed E-state index contributed by atoms with van der Waals surface area (Å²) in [5, 5.41) is 2.48. The standard InChI is InChI=1S/C20H14O3/c1-22-20-17(14-8-3-2-4-9-14)19(21)18-15-10-6-5-7-13(15)11-12-16(18)23-20/h2-12H,1H3. The number of ether oxygens (including phenoxy) is 1. The summed E-state index contributed by atoms with van der Waals surface area (Å²) in [7, 11) is 1.51. The smallest absolute Gasteiger partial charge is 0.296 e. The molecule has 0 aliphatic rings. The minimum atomic E-state index is -0.0777. The molecule has 0 fully saturated rings. The number of rotatable bonds is 2. The second-order valence-electron chi connectivity index (χ2n) is 5.32. The molecule has 0 radical (unpaired) electrons. The van der Waals surface area contributed by atoms with Crippen LogP contribution < -0.4 is 10.2 Å². The minimum absolute atomic E-state index is 0.0777. The van der Waals surface area contributed by atoms with E-state index in [2.05, 4.69) is 0 Å². The Balaban J connectivity index is 2.20. The highest BCUT2D eigenvalue weighted by Crippen LogP contribution is 2.32. The fraction of sp³-hybridized carbons (Fsp3) is 0.0500. The third kappa shape index (κ3) is 2.09. The van der Waals surface area contributed by atoms with Crippen LogP contribution in [0.1, 0.15) is 0 Å². The summed E-state index contributed by atoms with van der Waals surface area (Å²) in [6.45, 7) is 0. The van der Waals surface area contributed by atoms with Crippen molar-refractivity contribution >= 4 is 21.7 Å². The van der Waals surface area contributed by atoms with Crippen molar-refractivity contribution in [3.05, 3.63) is 77.0 Å². The van der Waals surface area contributed by atoms with Crippen LogP contribution in [0.3, 0.4) is 0 Å². The van der Waals surface area contributed by atoms with E-state index in [0.29, 0.717) is 16.5 Å². The van der Waals surface area contributed by atoms with Crippen molar-refractivity contribution in [2.75, 3.05) is 7.11 Å². The highest BCUT2D eigenvalue weighted by atomic mass is 16.6. The summed E-state index contributed by atoms with van der Waals surface area (Å²) >= 11 is 0. The molecule has 4 rings (SSSR count). The van der Waals surface area contributed by atoms with Crippen LogP contribution in [0.15, 0.2) is 75.9 Å². The Bertz CT molecular complexity index is 1060. The SMILES string of the molecule is COc1oc2ccc3ccccc3c2c(=O)c1-c1ccccc1. The summed E-state index contributed by atoms with van der Waals surface area (Å²) in [4.78, 5) is 13.2. The third-order valence-corrected chi connectivity index (χ3v) is 4.00. The monoisotopic (exact) mass is 302 g/mol. The first-order valence-corrected chi connectivity index (χ1v) is 7.37. The van der Waals surface area contributed by atoms with Crippen LogP contribution >= 0.6 is 0 Å². The Hall–Kier alpha value is -3.07. The summed E-state index contributed by atoms with van der Waals surface area (Å²) < 4.78 is 11.2. The largest absolute Gasteiger partial charge is 0.468 e. The van der Waals surface area contributed by atoms with Crippen LogP contribution in [0.2, 0.25) is 0 Å². The quantitative estimate of drug-likeness (QED) is 0.507. The van der Waals surface area contributed by atoms with Crippen LogP contribution in [0.25, 0.3) is 32.9 Å². The normalized spacial score (nSPS) is 11.0. The lowest BCUT2D eigenvalue weighted by atomic mass is 10.0. The van der Waals surface area contributed by atoms with E-state index >= 15 is 0 Å². The summed E-state index contributed by atoms with van der Waals surface area (Å²) in [6.07, 6.45) is 0. The van der Waals surface area contributed by atoms with Gasteiger partial charge in [-0.1, -0.05) is 60.7 Å². The molecule has 0 spiro atoms. The Morgan fingerprint density at radius 2 is 1.61 bits per heavy atom. The molecule has 3 nitrogen and oxygen atoms in total. The van der Waals surface area contributed by atoms with Crippen LogP contribution in [0, 0.1) is 0 Å². The molecule has 0 bridgehead atoms. The van der Waals surface area contributed by atoms with Gasteiger partial charge in [0, 0.05) is 0 Å². The molecule has 112 valence electrons. The predicted octanol–water partition coefficient (Wildman–Crippen LogP) is 4.62. The van der Waals surface area contributed by atoms with Gasteiger partial charge < -0.3 is 9.15 Å². The van der Waals surface area contributed by atoms with Crippen molar-refractivity contribution in [2.24, 2.45) is 0 Å². The van der Waals surface area contributed by atoms with Crippen molar-refractivity contribution in [3.63, 3.8) is 0 Å². The number of hydrogen-bond acceptors (Lipinski definition) is 3. The number of hydrogen-bond donors (Lipinski definition) is 0. The van der Waals surface area contributed by atoms with Gasteiger partial charge in [-0.2, -0.15) is 0 Å². The topological polar surface area (TPSA) is 39.4 Å². The lowest BCUT2D eigenvalue weighted by Crippen LogP contribution is -2.08. The Labute approximate surface area is 132 Å². The van der Waals surface area contributed by atoms with Gasteiger partial charge >= 0.3 is 0 Å². The van der Waals surface area contributed by atoms with Gasteiger partial charge in [0.1, 0.15) is 11.1 Å². The molecule has 0 unspecified atom stereocenters.